The van der Waals surface area contributed by atoms with Gasteiger partial charge in [0.25, 0.3) is 11.8 Å². The van der Waals surface area contributed by atoms with Crippen LogP contribution in [0, 0.1) is 0 Å². The normalized spacial score (nSPS) is 12.1. The van der Waals surface area contributed by atoms with Gasteiger partial charge in [-0.25, -0.2) is 8.78 Å². The predicted molar refractivity (Wildman–Crippen MR) is 69.2 cm³/mol. The Morgan fingerprint density at radius 2 is 2.05 bits per heavy atom. The minimum absolute atomic E-state index is 0.0861. The van der Waals surface area contributed by atoms with E-state index < -0.39 is 23.3 Å². The van der Waals surface area contributed by atoms with Crippen molar-refractivity contribution in [3.8, 4) is 0 Å². The van der Waals surface area contributed by atoms with E-state index in [0.29, 0.717) is 0 Å². The van der Waals surface area contributed by atoms with E-state index in [1.54, 1.807) is 0 Å². The third-order valence-corrected chi connectivity index (χ3v) is 2.64. The first-order chi connectivity index (χ1) is 9.31. The van der Waals surface area contributed by atoms with E-state index >= 15 is 0 Å². The predicted octanol–water partition coefficient (Wildman–Crippen LogP) is 2.55. The van der Waals surface area contributed by atoms with E-state index in [9.17, 15) is 18.4 Å². The van der Waals surface area contributed by atoms with Crippen molar-refractivity contribution in [2.24, 2.45) is 5.16 Å². The van der Waals surface area contributed by atoms with Crippen molar-refractivity contribution in [3.05, 3.63) is 29.8 Å². The van der Waals surface area contributed by atoms with Crippen molar-refractivity contribution in [2.45, 2.75) is 26.2 Å². The maximum Gasteiger partial charge on any atom is 0.281 e. The lowest BCUT2D eigenvalue weighted by Crippen LogP contribution is -2.28. The van der Waals surface area contributed by atoms with Crippen LogP contribution < -0.4 is 5.32 Å². The molecule has 0 aliphatic heterocycles. The number of nitrogens with one attached hydrogen (secondary N) is 1. The van der Waals surface area contributed by atoms with Crippen LogP contribution in [0.25, 0.3) is 0 Å². The highest BCUT2D eigenvalue weighted by atomic mass is 19.3. The third kappa shape index (κ3) is 3.59. The van der Waals surface area contributed by atoms with Crippen molar-refractivity contribution in [1.29, 1.82) is 0 Å². The molecule has 0 aliphatic rings. The average molecular weight is 284 g/mol. The molecule has 5 nitrogen and oxygen atoms in total. The third-order valence-electron chi connectivity index (χ3n) is 2.64. The molecule has 0 heterocycles. The fourth-order valence-corrected chi connectivity index (χ4v) is 1.49. The minimum Gasteiger partial charge on any atom is -0.410 e. The van der Waals surface area contributed by atoms with Crippen molar-refractivity contribution < 1.29 is 23.6 Å². The van der Waals surface area contributed by atoms with Crippen LogP contribution in [0.2, 0.25) is 0 Å². The van der Waals surface area contributed by atoms with Gasteiger partial charge in [-0.15, -0.1) is 0 Å². The van der Waals surface area contributed by atoms with Crippen molar-refractivity contribution >= 4 is 23.1 Å². The molecule has 0 radical (unpaired) electrons. The molecule has 0 spiro atoms. The molecule has 108 valence electrons. The van der Waals surface area contributed by atoms with E-state index in [2.05, 4.69) is 10.5 Å². The van der Waals surface area contributed by atoms with Crippen LogP contribution in [0.5, 0.6) is 0 Å². The highest BCUT2D eigenvalue weighted by Crippen LogP contribution is 2.32. The van der Waals surface area contributed by atoms with Crippen molar-refractivity contribution in [2.75, 3.05) is 5.32 Å². The van der Waals surface area contributed by atoms with Gasteiger partial charge in [-0.3, -0.25) is 9.59 Å². The number of nitrogens with zero attached hydrogens (tertiary/aromatic N) is 1. The van der Waals surface area contributed by atoms with Crippen LogP contribution in [0.1, 0.15) is 25.8 Å². The highest BCUT2D eigenvalue weighted by Gasteiger charge is 2.29. The molecule has 0 fully saturated rings. The van der Waals surface area contributed by atoms with Gasteiger partial charge in [0.1, 0.15) is 0 Å². The first-order valence-electron chi connectivity index (χ1n) is 5.84. The van der Waals surface area contributed by atoms with Gasteiger partial charge >= 0.3 is 0 Å². The van der Waals surface area contributed by atoms with E-state index in [-0.39, 0.29) is 17.7 Å². The second-order valence-electron chi connectivity index (χ2n) is 4.10. The Balaban J connectivity index is 2.98. The number of Topliss-reactive ketones (excluding diaryl/α,β-unsaturated/α-hetero) is 1. The molecule has 0 aliphatic carbocycles. The summed E-state index contributed by atoms with van der Waals surface area (Å²) in [6.07, 6.45) is -0.374. The van der Waals surface area contributed by atoms with Crippen LogP contribution in [0.4, 0.5) is 14.5 Å². The van der Waals surface area contributed by atoms with Crippen LogP contribution in [-0.4, -0.2) is 22.6 Å². The SMILES string of the molecule is CCC(F)(F)c1cccc(NC(=O)/C(=N/O)C(C)=O)c1. The topological polar surface area (TPSA) is 78.8 Å². The maximum absolute atomic E-state index is 13.5. The van der Waals surface area contributed by atoms with E-state index in [1.165, 1.54) is 25.1 Å². The Morgan fingerprint density at radius 3 is 2.55 bits per heavy atom. The number of amides is 1. The lowest BCUT2D eigenvalue weighted by Gasteiger charge is -2.15. The summed E-state index contributed by atoms with van der Waals surface area (Å²) < 4.78 is 27.0. The first kappa shape index (κ1) is 15.7. The zero-order valence-corrected chi connectivity index (χ0v) is 11.0. The average Bonchev–Trinajstić information content (AvgIpc) is 2.39. The lowest BCUT2D eigenvalue weighted by atomic mass is 10.1. The molecule has 0 aromatic heterocycles. The minimum atomic E-state index is -3.00. The number of carbonyl (C=O) groups is 2. The Hall–Kier alpha value is -2.31. The molecule has 1 amide bonds. The van der Waals surface area contributed by atoms with Crippen LogP contribution >= 0.6 is 0 Å². The molecular formula is C13H14F2N2O3. The summed E-state index contributed by atoms with van der Waals surface area (Å²) in [5, 5.41) is 13.4. The number of rotatable bonds is 5. The summed E-state index contributed by atoms with van der Waals surface area (Å²) in [6.45, 7) is 2.40. The Kier molecular flexibility index (Phi) is 4.90. The molecule has 0 bridgehead atoms. The lowest BCUT2D eigenvalue weighted by molar-refractivity contribution is -0.114. The highest BCUT2D eigenvalue weighted by molar-refractivity contribution is 6.67. The van der Waals surface area contributed by atoms with Crippen molar-refractivity contribution in [1.82, 2.24) is 0 Å². The molecule has 0 unspecified atom stereocenters. The fourth-order valence-electron chi connectivity index (χ4n) is 1.49. The first-order valence-corrected chi connectivity index (χ1v) is 5.84. The number of alkyl halides is 2. The summed E-state index contributed by atoms with van der Waals surface area (Å²) in [6, 6.07) is 5.10. The number of oxime groups is 1. The van der Waals surface area contributed by atoms with Crippen LogP contribution in [0.3, 0.4) is 0 Å². The molecule has 1 rings (SSSR count). The molecule has 2 N–H and O–H groups in total. The summed E-state index contributed by atoms with van der Waals surface area (Å²) >= 11 is 0. The number of hydrogen-bond acceptors (Lipinski definition) is 4. The van der Waals surface area contributed by atoms with Gasteiger partial charge in [0.15, 0.2) is 5.78 Å². The zero-order chi connectivity index (χ0) is 15.3. The molecule has 0 saturated heterocycles. The molecule has 1 aromatic carbocycles. The summed E-state index contributed by atoms with van der Waals surface area (Å²) in [5.41, 5.74) is -0.858. The summed E-state index contributed by atoms with van der Waals surface area (Å²) in [7, 11) is 0. The van der Waals surface area contributed by atoms with Crippen LogP contribution in [0.15, 0.2) is 29.4 Å². The number of carbonyl (C=O) groups excluding carboxylic acids is 2. The molecule has 0 saturated carbocycles. The van der Waals surface area contributed by atoms with Gasteiger partial charge in [-0.05, 0) is 12.1 Å². The van der Waals surface area contributed by atoms with Gasteiger partial charge in [0.05, 0.1) is 0 Å². The number of benzene rings is 1. The van der Waals surface area contributed by atoms with Gasteiger partial charge < -0.3 is 10.5 Å². The van der Waals surface area contributed by atoms with Gasteiger partial charge in [-0.1, -0.05) is 24.2 Å². The number of halogens is 2. The molecule has 1 aromatic rings. The van der Waals surface area contributed by atoms with Gasteiger partial charge in [-0.2, -0.15) is 0 Å². The number of hydrogen-bond donors (Lipinski definition) is 2. The Morgan fingerprint density at radius 1 is 1.40 bits per heavy atom. The molecule has 7 heteroatoms. The van der Waals surface area contributed by atoms with Gasteiger partial charge in [0.2, 0.25) is 5.71 Å². The van der Waals surface area contributed by atoms with Gasteiger partial charge in [0, 0.05) is 24.6 Å². The zero-order valence-electron chi connectivity index (χ0n) is 11.0. The summed E-state index contributed by atoms with van der Waals surface area (Å²) in [4.78, 5) is 22.6. The quantitative estimate of drug-likeness (QED) is 0.377. The van der Waals surface area contributed by atoms with E-state index in [4.69, 9.17) is 5.21 Å². The smallest absolute Gasteiger partial charge is 0.281 e. The largest absolute Gasteiger partial charge is 0.410 e. The summed E-state index contributed by atoms with van der Waals surface area (Å²) in [5.74, 6) is -4.70. The van der Waals surface area contributed by atoms with E-state index in [0.717, 1.165) is 13.0 Å². The number of anilines is 1. The molecular weight excluding hydrogens is 270 g/mol. The second kappa shape index (κ2) is 6.23. The number of ketones is 1. The standard InChI is InChI=1S/C13H14F2N2O3/c1-3-13(14,15)9-5-4-6-10(7-9)16-12(19)11(17-20)8(2)18/h4-7,20H,3H2,1-2H3,(H,16,19)/b17-11+. The fraction of sp³-hybridized carbons (Fsp3) is 0.308. The Labute approximate surface area is 114 Å². The second-order valence-corrected chi connectivity index (χ2v) is 4.10. The Bertz CT molecular complexity index is 556. The maximum atomic E-state index is 13.5. The monoisotopic (exact) mass is 284 g/mol. The van der Waals surface area contributed by atoms with E-state index in [1.807, 2.05) is 0 Å². The van der Waals surface area contributed by atoms with Crippen molar-refractivity contribution in [3.63, 3.8) is 0 Å². The van der Waals surface area contributed by atoms with Crippen LogP contribution in [-0.2, 0) is 15.5 Å². The molecule has 0 atom stereocenters. The molecule has 20 heavy (non-hydrogen) atoms.